The number of methoxy groups -OCH3 is 1. The van der Waals surface area contributed by atoms with Crippen molar-refractivity contribution in [3.63, 3.8) is 0 Å². The van der Waals surface area contributed by atoms with Gasteiger partial charge in [-0.2, -0.15) is 4.31 Å². The van der Waals surface area contributed by atoms with Crippen LogP contribution in [0.15, 0.2) is 47.4 Å². The number of rotatable bonds is 10. The van der Waals surface area contributed by atoms with Gasteiger partial charge in [-0.1, -0.05) is 12.1 Å². The molecule has 3 rings (SSSR count). The Balaban J connectivity index is 1.51. The van der Waals surface area contributed by atoms with Gasteiger partial charge in [0, 0.05) is 38.4 Å². The fraction of sp³-hybridized carbons (Fsp3) is 0.409. The normalized spacial score (nSPS) is 14.5. The standard InChI is InChI=1S/C22H27FN2O5S/c1-29-14-15-30-21-10-7-18(16-20(21)23)24-22(26)11-6-17-4-8-19(9-5-17)31(27,28)25-12-2-3-13-25/h4-5,7-10,16H,2-3,6,11-15H2,1H3,(H,24,26). The Kier molecular flexibility index (Phi) is 8.00. The predicted molar refractivity (Wildman–Crippen MR) is 115 cm³/mol. The van der Waals surface area contributed by atoms with Crippen LogP contribution >= 0.6 is 0 Å². The molecule has 1 N–H and O–H groups in total. The highest BCUT2D eigenvalue weighted by Gasteiger charge is 2.26. The van der Waals surface area contributed by atoms with Crippen molar-refractivity contribution in [3.05, 3.63) is 53.8 Å². The number of anilines is 1. The van der Waals surface area contributed by atoms with Crippen LogP contribution in [0.25, 0.3) is 0 Å². The molecular weight excluding hydrogens is 423 g/mol. The average molecular weight is 451 g/mol. The van der Waals surface area contributed by atoms with Gasteiger partial charge in [0.25, 0.3) is 0 Å². The summed E-state index contributed by atoms with van der Waals surface area (Å²) in [5.41, 5.74) is 1.19. The third-order valence-electron chi connectivity index (χ3n) is 5.03. The van der Waals surface area contributed by atoms with E-state index in [1.165, 1.54) is 23.5 Å². The van der Waals surface area contributed by atoms with Gasteiger partial charge in [-0.25, -0.2) is 12.8 Å². The first-order valence-corrected chi connectivity index (χ1v) is 11.6. The molecule has 1 aliphatic rings. The van der Waals surface area contributed by atoms with Crippen LogP contribution in [0.3, 0.4) is 0 Å². The highest BCUT2D eigenvalue weighted by atomic mass is 32.2. The fourth-order valence-electron chi connectivity index (χ4n) is 3.32. The van der Waals surface area contributed by atoms with Crippen LogP contribution in [0.2, 0.25) is 0 Å². The van der Waals surface area contributed by atoms with Crippen molar-refractivity contribution < 1.29 is 27.1 Å². The maximum atomic E-state index is 14.1. The second kappa shape index (κ2) is 10.7. The van der Waals surface area contributed by atoms with Crippen LogP contribution in [0, 0.1) is 5.82 Å². The van der Waals surface area contributed by atoms with E-state index in [0.29, 0.717) is 31.8 Å². The van der Waals surface area contributed by atoms with Gasteiger partial charge in [-0.15, -0.1) is 0 Å². The molecule has 0 bridgehead atoms. The number of amides is 1. The molecule has 0 aromatic heterocycles. The SMILES string of the molecule is COCCOc1ccc(NC(=O)CCc2ccc(S(=O)(=O)N3CCCC3)cc2)cc1F. The number of sulfonamides is 1. The second-order valence-corrected chi connectivity index (χ2v) is 9.23. The van der Waals surface area contributed by atoms with Gasteiger partial charge in [0.05, 0.1) is 11.5 Å². The van der Waals surface area contributed by atoms with E-state index in [4.69, 9.17) is 9.47 Å². The molecule has 1 heterocycles. The van der Waals surface area contributed by atoms with Crippen LogP contribution < -0.4 is 10.1 Å². The molecule has 1 aliphatic heterocycles. The maximum absolute atomic E-state index is 14.1. The lowest BCUT2D eigenvalue weighted by molar-refractivity contribution is -0.116. The fourth-order valence-corrected chi connectivity index (χ4v) is 4.83. The summed E-state index contributed by atoms with van der Waals surface area (Å²) in [5, 5.41) is 2.66. The summed E-state index contributed by atoms with van der Waals surface area (Å²) in [4.78, 5) is 12.5. The van der Waals surface area contributed by atoms with Crippen LogP contribution in [-0.2, 0) is 26.0 Å². The summed E-state index contributed by atoms with van der Waals surface area (Å²) >= 11 is 0. The highest BCUT2D eigenvalue weighted by Crippen LogP contribution is 2.23. The Labute approximate surface area is 182 Å². The van der Waals surface area contributed by atoms with Crippen molar-refractivity contribution in [1.82, 2.24) is 4.31 Å². The molecular formula is C22H27FN2O5S. The van der Waals surface area contributed by atoms with Crippen LogP contribution in [0.1, 0.15) is 24.8 Å². The number of nitrogens with zero attached hydrogens (tertiary/aromatic N) is 1. The first kappa shape index (κ1) is 23.2. The molecule has 0 aliphatic carbocycles. The second-order valence-electron chi connectivity index (χ2n) is 7.29. The molecule has 0 saturated carbocycles. The predicted octanol–water partition coefficient (Wildman–Crippen LogP) is 3.21. The average Bonchev–Trinajstić information content (AvgIpc) is 3.30. The number of ether oxygens (including phenoxy) is 2. The molecule has 1 fully saturated rings. The first-order chi connectivity index (χ1) is 14.9. The molecule has 0 radical (unpaired) electrons. The smallest absolute Gasteiger partial charge is 0.243 e. The summed E-state index contributed by atoms with van der Waals surface area (Å²) in [6.45, 7) is 1.70. The molecule has 0 spiro atoms. The number of hydrogen-bond acceptors (Lipinski definition) is 5. The minimum absolute atomic E-state index is 0.0963. The van der Waals surface area contributed by atoms with Gasteiger partial charge < -0.3 is 14.8 Å². The van der Waals surface area contributed by atoms with Gasteiger partial charge in [0.1, 0.15) is 6.61 Å². The van der Waals surface area contributed by atoms with Gasteiger partial charge >= 0.3 is 0 Å². The number of hydrogen-bond donors (Lipinski definition) is 1. The summed E-state index contributed by atoms with van der Waals surface area (Å²) in [6, 6.07) is 10.8. The molecule has 168 valence electrons. The third kappa shape index (κ3) is 6.25. The Bertz CT molecular complexity index is 989. The lowest BCUT2D eigenvalue weighted by Gasteiger charge is -2.15. The van der Waals surface area contributed by atoms with E-state index in [-0.39, 0.29) is 29.6 Å². The van der Waals surface area contributed by atoms with Crippen molar-refractivity contribution in [2.45, 2.75) is 30.6 Å². The topological polar surface area (TPSA) is 84.9 Å². The van der Waals surface area contributed by atoms with Crippen molar-refractivity contribution >= 4 is 21.6 Å². The van der Waals surface area contributed by atoms with E-state index in [1.54, 1.807) is 30.3 Å². The monoisotopic (exact) mass is 450 g/mol. The van der Waals surface area contributed by atoms with Crippen molar-refractivity contribution in [3.8, 4) is 5.75 Å². The minimum atomic E-state index is -3.44. The van der Waals surface area contributed by atoms with Gasteiger partial charge in [0.2, 0.25) is 15.9 Å². The molecule has 7 nitrogen and oxygen atoms in total. The number of nitrogens with one attached hydrogen (secondary N) is 1. The van der Waals surface area contributed by atoms with E-state index in [0.717, 1.165) is 18.4 Å². The summed E-state index contributed by atoms with van der Waals surface area (Å²) < 4.78 is 50.8. The molecule has 1 amide bonds. The third-order valence-corrected chi connectivity index (χ3v) is 6.94. The maximum Gasteiger partial charge on any atom is 0.243 e. The van der Waals surface area contributed by atoms with E-state index in [9.17, 15) is 17.6 Å². The summed E-state index contributed by atoms with van der Waals surface area (Å²) in [7, 11) is -1.91. The number of benzene rings is 2. The molecule has 1 saturated heterocycles. The number of carbonyl (C=O) groups excluding carboxylic acids is 1. The van der Waals surface area contributed by atoms with Crippen molar-refractivity contribution in [2.75, 3.05) is 38.7 Å². The number of aryl methyl sites for hydroxylation is 1. The number of halogens is 1. The zero-order valence-corrected chi connectivity index (χ0v) is 18.3. The Morgan fingerprint density at radius 1 is 1.10 bits per heavy atom. The lowest BCUT2D eigenvalue weighted by atomic mass is 10.1. The summed E-state index contributed by atoms with van der Waals surface area (Å²) in [6.07, 6.45) is 2.41. The van der Waals surface area contributed by atoms with E-state index in [2.05, 4.69) is 5.32 Å². The van der Waals surface area contributed by atoms with Crippen LogP contribution in [-0.4, -0.2) is 52.0 Å². The molecule has 2 aromatic rings. The van der Waals surface area contributed by atoms with Gasteiger partial charge in [-0.3, -0.25) is 4.79 Å². The molecule has 9 heteroatoms. The van der Waals surface area contributed by atoms with E-state index in [1.807, 2.05) is 0 Å². The van der Waals surface area contributed by atoms with E-state index < -0.39 is 15.8 Å². The molecule has 31 heavy (non-hydrogen) atoms. The summed E-state index contributed by atoms with van der Waals surface area (Å²) in [5.74, 6) is -0.732. The Hall–Kier alpha value is -2.49. The largest absolute Gasteiger partial charge is 0.488 e. The first-order valence-electron chi connectivity index (χ1n) is 10.2. The minimum Gasteiger partial charge on any atom is -0.488 e. The zero-order chi connectivity index (χ0) is 22.3. The van der Waals surface area contributed by atoms with Gasteiger partial charge in [-0.05, 0) is 49.1 Å². The Morgan fingerprint density at radius 2 is 1.81 bits per heavy atom. The quantitative estimate of drug-likeness (QED) is 0.562. The molecule has 2 aromatic carbocycles. The van der Waals surface area contributed by atoms with Crippen LogP contribution in [0.5, 0.6) is 5.75 Å². The number of carbonyl (C=O) groups is 1. The van der Waals surface area contributed by atoms with Gasteiger partial charge in [0.15, 0.2) is 11.6 Å². The lowest BCUT2D eigenvalue weighted by Crippen LogP contribution is -2.27. The zero-order valence-electron chi connectivity index (χ0n) is 17.5. The van der Waals surface area contributed by atoms with Crippen molar-refractivity contribution in [1.29, 1.82) is 0 Å². The Morgan fingerprint density at radius 3 is 2.45 bits per heavy atom. The van der Waals surface area contributed by atoms with Crippen molar-refractivity contribution in [2.24, 2.45) is 0 Å². The molecule has 0 atom stereocenters. The highest BCUT2D eigenvalue weighted by molar-refractivity contribution is 7.89. The van der Waals surface area contributed by atoms with Crippen LogP contribution in [0.4, 0.5) is 10.1 Å². The van der Waals surface area contributed by atoms with E-state index >= 15 is 0 Å². The molecule has 0 unspecified atom stereocenters.